The second-order valence-corrected chi connectivity index (χ2v) is 4.37. The van der Waals surface area contributed by atoms with Gasteiger partial charge in [-0.2, -0.15) is 0 Å². The molecule has 0 bridgehead atoms. The molecule has 2 aliphatic heterocycles. The first-order chi connectivity index (χ1) is 7.72. The molecular weight excluding hydrogens is 273 g/mol. The summed E-state index contributed by atoms with van der Waals surface area (Å²) in [7, 11) is 0. The lowest BCUT2D eigenvalue weighted by Crippen LogP contribution is -2.45. The fourth-order valence-electron chi connectivity index (χ4n) is 2.36. The van der Waals surface area contributed by atoms with Gasteiger partial charge in [-0.15, -0.1) is 24.8 Å². The molecule has 1 spiro atoms. The van der Waals surface area contributed by atoms with Crippen LogP contribution in [0.15, 0.2) is 24.4 Å². The molecular formula is C12H15Cl2N3O. The van der Waals surface area contributed by atoms with Crippen LogP contribution in [0, 0.1) is 6.92 Å². The van der Waals surface area contributed by atoms with E-state index < -0.39 is 5.41 Å². The van der Waals surface area contributed by atoms with Gasteiger partial charge in [-0.25, -0.2) is 4.98 Å². The van der Waals surface area contributed by atoms with Gasteiger partial charge in [-0.1, -0.05) is 12.2 Å². The highest BCUT2D eigenvalue weighted by Crippen LogP contribution is 2.38. The largest absolute Gasteiger partial charge is 0.312 e. The molecule has 0 radical (unpaired) electrons. The van der Waals surface area contributed by atoms with Crippen LogP contribution in [0.25, 0.3) is 0 Å². The summed E-state index contributed by atoms with van der Waals surface area (Å²) in [5.41, 5.74) is 1.52. The van der Waals surface area contributed by atoms with Gasteiger partial charge in [0, 0.05) is 24.8 Å². The summed E-state index contributed by atoms with van der Waals surface area (Å²) in [5, 5.41) is 6.08. The Morgan fingerprint density at radius 3 is 2.83 bits per heavy atom. The lowest BCUT2D eigenvalue weighted by molar-refractivity contribution is -0.119. The molecule has 98 valence electrons. The average Bonchev–Trinajstić information content (AvgIpc) is 2.55. The van der Waals surface area contributed by atoms with Crippen LogP contribution < -0.4 is 10.6 Å². The molecule has 6 heteroatoms. The molecule has 18 heavy (non-hydrogen) atoms. The molecule has 4 nitrogen and oxygen atoms in total. The first-order valence-corrected chi connectivity index (χ1v) is 5.39. The fraction of sp³-hybridized carbons (Fsp3) is 0.333. The highest BCUT2D eigenvalue weighted by Gasteiger charge is 2.46. The van der Waals surface area contributed by atoms with E-state index in [1.54, 1.807) is 6.20 Å². The Bertz CT molecular complexity index is 504. The predicted molar refractivity (Wildman–Crippen MR) is 75.8 cm³/mol. The molecule has 1 atom stereocenters. The van der Waals surface area contributed by atoms with Crippen LogP contribution in [0.1, 0.15) is 11.1 Å². The first-order valence-electron chi connectivity index (χ1n) is 5.39. The van der Waals surface area contributed by atoms with E-state index in [4.69, 9.17) is 0 Å². The van der Waals surface area contributed by atoms with Crippen molar-refractivity contribution in [1.29, 1.82) is 0 Å². The maximum Gasteiger partial charge on any atom is 0.241 e. The summed E-state index contributed by atoms with van der Waals surface area (Å²) in [6, 6.07) is 2.04. The van der Waals surface area contributed by atoms with Gasteiger partial charge in [-0.05, 0) is 18.6 Å². The van der Waals surface area contributed by atoms with Crippen molar-refractivity contribution in [3.63, 3.8) is 0 Å². The van der Waals surface area contributed by atoms with E-state index in [0.29, 0.717) is 12.4 Å². The Labute approximate surface area is 118 Å². The smallest absolute Gasteiger partial charge is 0.241 e. The van der Waals surface area contributed by atoms with Crippen LogP contribution in [0.5, 0.6) is 0 Å². The molecule has 0 fully saturated rings. The summed E-state index contributed by atoms with van der Waals surface area (Å²) >= 11 is 0. The SMILES string of the molecule is Cc1cnc2c(c1)[C@@]1(C=CCNC1)C(=O)N2.Cl.Cl. The lowest BCUT2D eigenvalue weighted by Gasteiger charge is -2.27. The van der Waals surface area contributed by atoms with Crippen LogP contribution in [0.4, 0.5) is 5.82 Å². The highest BCUT2D eigenvalue weighted by atomic mass is 35.5. The monoisotopic (exact) mass is 287 g/mol. The van der Waals surface area contributed by atoms with E-state index >= 15 is 0 Å². The van der Waals surface area contributed by atoms with Gasteiger partial charge in [0.15, 0.2) is 0 Å². The van der Waals surface area contributed by atoms with E-state index in [9.17, 15) is 4.79 Å². The zero-order chi connectivity index (χ0) is 11.2. The molecule has 0 unspecified atom stereocenters. The topological polar surface area (TPSA) is 54.0 Å². The van der Waals surface area contributed by atoms with Crippen molar-refractivity contribution in [3.05, 3.63) is 35.5 Å². The maximum atomic E-state index is 12.1. The number of hydrogen-bond donors (Lipinski definition) is 2. The van der Waals surface area contributed by atoms with Crippen molar-refractivity contribution in [3.8, 4) is 0 Å². The zero-order valence-corrected chi connectivity index (χ0v) is 11.5. The van der Waals surface area contributed by atoms with Gasteiger partial charge in [0.25, 0.3) is 0 Å². The number of pyridine rings is 1. The van der Waals surface area contributed by atoms with Gasteiger partial charge < -0.3 is 10.6 Å². The van der Waals surface area contributed by atoms with Gasteiger partial charge in [0.05, 0.1) is 0 Å². The van der Waals surface area contributed by atoms with Crippen molar-refractivity contribution < 1.29 is 4.79 Å². The summed E-state index contributed by atoms with van der Waals surface area (Å²) < 4.78 is 0. The average molecular weight is 288 g/mol. The number of nitrogens with zero attached hydrogens (tertiary/aromatic N) is 1. The van der Waals surface area contributed by atoms with Crippen LogP contribution in [-0.2, 0) is 10.2 Å². The van der Waals surface area contributed by atoms with E-state index in [1.807, 2.05) is 25.1 Å². The number of anilines is 1. The molecule has 1 amide bonds. The Hall–Kier alpha value is -1.10. The Balaban J connectivity index is 0.000000810. The number of rotatable bonds is 0. The molecule has 2 aliphatic rings. The van der Waals surface area contributed by atoms with Crippen molar-refractivity contribution in [2.75, 3.05) is 18.4 Å². The van der Waals surface area contributed by atoms with Crippen molar-refractivity contribution in [2.45, 2.75) is 12.3 Å². The standard InChI is InChI=1S/C12H13N3O.2ClH/c1-8-5-9-10(14-6-8)15-11(16)12(9)3-2-4-13-7-12;;/h2-3,5-6,13H,4,7H2,1H3,(H,14,15,16);2*1H/t12-;;/m0../s1. The lowest BCUT2D eigenvalue weighted by atomic mass is 9.80. The van der Waals surface area contributed by atoms with Crippen LogP contribution in [0.3, 0.4) is 0 Å². The quantitative estimate of drug-likeness (QED) is 0.713. The molecule has 3 rings (SSSR count). The Kier molecular flexibility index (Phi) is 4.37. The van der Waals surface area contributed by atoms with Gasteiger partial charge in [0.2, 0.25) is 5.91 Å². The molecule has 1 aromatic heterocycles. The molecule has 1 aromatic rings. The van der Waals surface area contributed by atoms with Crippen molar-refractivity contribution >= 4 is 36.5 Å². The van der Waals surface area contributed by atoms with E-state index in [0.717, 1.165) is 17.7 Å². The minimum absolute atomic E-state index is 0. The first kappa shape index (κ1) is 15.0. The van der Waals surface area contributed by atoms with E-state index in [2.05, 4.69) is 15.6 Å². The third-order valence-corrected chi connectivity index (χ3v) is 3.21. The maximum absolute atomic E-state index is 12.1. The Morgan fingerprint density at radius 2 is 2.17 bits per heavy atom. The third kappa shape index (κ3) is 2.00. The van der Waals surface area contributed by atoms with E-state index in [1.165, 1.54) is 0 Å². The number of nitrogens with one attached hydrogen (secondary N) is 2. The van der Waals surface area contributed by atoms with Crippen molar-refractivity contribution in [2.24, 2.45) is 0 Å². The third-order valence-electron chi connectivity index (χ3n) is 3.21. The van der Waals surface area contributed by atoms with Crippen LogP contribution in [0.2, 0.25) is 0 Å². The number of amides is 1. The predicted octanol–water partition coefficient (Wildman–Crippen LogP) is 1.58. The molecule has 3 heterocycles. The highest BCUT2D eigenvalue weighted by molar-refractivity contribution is 6.07. The molecule has 2 N–H and O–H groups in total. The fourth-order valence-corrected chi connectivity index (χ4v) is 2.36. The minimum Gasteiger partial charge on any atom is -0.312 e. The summed E-state index contributed by atoms with van der Waals surface area (Å²) in [6.07, 6.45) is 5.77. The van der Waals surface area contributed by atoms with E-state index in [-0.39, 0.29) is 30.7 Å². The number of aryl methyl sites for hydroxylation is 1. The Morgan fingerprint density at radius 1 is 1.39 bits per heavy atom. The second kappa shape index (κ2) is 5.26. The zero-order valence-electron chi connectivity index (χ0n) is 9.90. The normalized spacial score (nSPS) is 23.9. The molecule has 0 saturated heterocycles. The number of carbonyl (C=O) groups is 1. The van der Waals surface area contributed by atoms with Crippen molar-refractivity contribution in [1.82, 2.24) is 10.3 Å². The summed E-state index contributed by atoms with van der Waals surface area (Å²) in [6.45, 7) is 3.46. The molecule has 0 aliphatic carbocycles. The number of halogens is 2. The van der Waals surface area contributed by atoms with Gasteiger partial charge in [-0.3, -0.25) is 4.79 Å². The van der Waals surface area contributed by atoms with Gasteiger partial charge in [0.1, 0.15) is 11.2 Å². The van der Waals surface area contributed by atoms with Crippen LogP contribution in [-0.4, -0.2) is 24.0 Å². The molecule has 0 aromatic carbocycles. The summed E-state index contributed by atoms with van der Waals surface area (Å²) in [4.78, 5) is 16.3. The second-order valence-electron chi connectivity index (χ2n) is 4.37. The summed E-state index contributed by atoms with van der Waals surface area (Å²) in [5.74, 6) is 0.716. The number of fused-ring (bicyclic) bond motifs is 2. The van der Waals surface area contributed by atoms with Gasteiger partial charge >= 0.3 is 0 Å². The molecule has 0 saturated carbocycles. The number of carbonyl (C=O) groups excluding carboxylic acids is 1. The number of aromatic nitrogens is 1. The minimum atomic E-state index is -0.549. The van der Waals surface area contributed by atoms with Crippen LogP contribution >= 0.6 is 24.8 Å². The number of hydrogen-bond acceptors (Lipinski definition) is 3.